The van der Waals surface area contributed by atoms with Crippen LogP contribution in [0, 0.1) is 17.6 Å². The maximum absolute atomic E-state index is 13.1. The second kappa shape index (κ2) is 8.36. The molecule has 8 heteroatoms. The van der Waals surface area contributed by atoms with Crippen LogP contribution in [0.5, 0.6) is 0 Å². The average molecular weight is 408 g/mol. The number of amides is 1. The number of sulfonamides is 1. The van der Waals surface area contributed by atoms with Crippen molar-refractivity contribution in [2.45, 2.75) is 30.7 Å². The predicted molar refractivity (Wildman–Crippen MR) is 101 cm³/mol. The second-order valence-corrected chi connectivity index (χ2v) is 8.88. The number of piperidine rings is 1. The Morgan fingerprint density at radius 1 is 1.07 bits per heavy atom. The third-order valence-corrected chi connectivity index (χ3v) is 6.81. The number of nitrogens with one attached hydrogen (secondary N) is 1. The van der Waals surface area contributed by atoms with Crippen LogP contribution < -0.4 is 5.32 Å². The number of hydrogen-bond acceptors (Lipinski definition) is 3. The molecule has 1 aliphatic heterocycles. The first-order valence-corrected chi connectivity index (χ1v) is 10.5. The van der Waals surface area contributed by atoms with Crippen LogP contribution in [0.15, 0.2) is 53.4 Å². The molecule has 0 radical (unpaired) electrons. The molecule has 2 unspecified atom stereocenters. The Bertz CT molecular complexity index is 931. The largest absolute Gasteiger partial charge is 0.349 e. The maximum atomic E-state index is 13.1. The SMILES string of the molecule is CC(NC(=O)C1CCCN(S(=O)(=O)c2ccc(F)cc2)C1)c1ccc(F)cc1. The average Bonchev–Trinajstić information content (AvgIpc) is 2.69. The van der Waals surface area contributed by atoms with Gasteiger partial charge in [-0.25, -0.2) is 17.2 Å². The van der Waals surface area contributed by atoms with Gasteiger partial charge in [0.05, 0.1) is 16.9 Å². The summed E-state index contributed by atoms with van der Waals surface area (Å²) < 4.78 is 53.0. The van der Waals surface area contributed by atoms with Gasteiger partial charge in [-0.2, -0.15) is 4.31 Å². The van der Waals surface area contributed by atoms with Gasteiger partial charge in [-0.3, -0.25) is 4.79 Å². The first-order chi connectivity index (χ1) is 13.3. The summed E-state index contributed by atoms with van der Waals surface area (Å²) in [5, 5.41) is 2.87. The zero-order chi connectivity index (χ0) is 20.3. The molecule has 5 nitrogen and oxygen atoms in total. The highest BCUT2D eigenvalue weighted by molar-refractivity contribution is 7.89. The minimum atomic E-state index is -3.79. The van der Waals surface area contributed by atoms with Crippen molar-refractivity contribution in [1.29, 1.82) is 0 Å². The monoisotopic (exact) mass is 408 g/mol. The Balaban J connectivity index is 1.67. The van der Waals surface area contributed by atoms with Crippen molar-refractivity contribution in [2.75, 3.05) is 13.1 Å². The lowest BCUT2D eigenvalue weighted by atomic mass is 9.98. The molecule has 0 bridgehead atoms. The van der Waals surface area contributed by atoms with Crippen molar-refractivity contribution in [3.8, 4) is 0 Å². The van der Waals surface area contributed by atoms with Gasteiger partial charge in [0, 0.05) is 13.1 Å². The first kappa shape index (κ1) is 20.4. The van der Waals surface area contributed by atoms with Gasteiger partial charge in [0.15, 0.2) is 0 Å². The molecule has 2 atom stereocenters. The number of nitrogens with zero attached hydrogens (tertiary/aromatic N) is 1. The Labute approximate surface area is 163 Å². The molecule has 1 heterocycles. The summed E-state index contributed by atoms with van der Waals surface area (Å²) in [5.41, 5.74) is 0.765. The lowest BCUT2D eigenvalue weighted by Gasteiger charge is -2.32. The molecule has 2 aromatic carbocycles. The molecule has 0 saturated carbocycles. The topological polar surface area (TPSA) is 66.5 Å². The van der Waals surface area contributed by atoms with Gasteiger partial charge < -0.3 is 5.32 Å². The summed E-state index contributed by atoms with van der Waals surface area (Å²) in [6.07, 6.45) is 1.14. The highest BCUT2D eigenvalue weighted by atomic mass is 32.2. The zero-order valence-electron chi connectivity index (χ0n) is 15.4. The Hall–Kier alpha value is -2.32. The van der Waals surface area contributed by atoms with E-state index in [1.807, 2.05) is 0 Å². The van der Waals surface area contributed by atoms with E-state index in [4.69, 9.17) is 0 Å². The summed E-state index contributed by atoms with van der Waals surface area (Å²) in [4.78, 5) is 12.7. The van der Waals surface area contributed by atoms with E-state index in [-0.39, 0.29) is 29.2 Å². The van der Waals surface area contributed by atoms with Gasteiger partial charge in [-0.15, -0.1) is 0 Å². The number of hydrogen-bond donors (Lipinski definition) is 1. The van der Waals surface area contributed by atoms with Gasteiger partial charge in [0.2, 0.25) is 15.9 Å². The Kier molecular flexibility index (Phi) is 6.10. The molecule has 28 heavy (non-hydrogen) atoms. The quantitative estimate of drug-likeness (QED) is 0.826. The first-order valence-electron chi connectivity index (χ1n) is 9.09. The summed E-state index contributed by atoms with van der Waals surface area (Å²) >= 11 is 0. The van der Waals surface area contributed by atoms with Crippen molar-refractivity contribution in [3.05, 3.63) is 65.7 Å². The van der Waals surface area contributed by atoms with Crippen LogP contribution in [-0.4, -0.2) is 31.7 Å². The summed E-state index contributed by atoms with van der Waals surface area (Å²) in [6.45, 7) is 2.18. The Morgan fingerprint density at radius 2 is 1.64 bits per heavy atom. The van der Waals surface area contributed by atoms with Crippen molar-refractivity contribution in [2.24, 2.45) is 5.92 Å². The van der Waals surface area contributed by atoms with Crippen LogP contribution in [0.2, 0.25) is 0 Å². The number of halogens is 2. The minimum absolute atomic E-state index is 0.00892. The molecule has 1 fully saturated rings. The van der Waals surface area contributed by atoms with E-state index in [9.17, 15) is 22.0 Å². The molecular weight excluding hydrogens is 386 g/mol. The smallest absolute Gasteiger partial charge is 0.243 e. The summed E-state index contributed by atoms with van der Waals surface area (Å²) in [5.74, 6) is -1.58. The molecule has 1 aliphatic rings. The van der Waals surface area contributed by atoms with E-state index in [1.165, 1.54) is 28.6 Å². The molecule has 3 rings (SSSR count). The molecular formula is C20H22F2N2O3S. The van der Waals surface area contributed by atoms with Gasteiger partial charge in [0.1, 0.15) is 11.6 Å². The van der Waals surface area contributed by atoms with Gasteiger partial charge in [0.25, 0.3) is 0 Å². The zero-order valence-corrected chi connectivity index (χ0v) is 16.3. The highest BCUT2D eigenvalue weighted by Crippen LogP contribution is 2.25. The van der Waals surface area contributed by atoms with E-state index in [0.29, 0.717) is 19.4 Å². The van der Waals surface area contributed by atoms with Gasteiger partial charge in [-0.1, -0.05) is 12.1 Å². The number of carbonyl (C=O) groups excluding carboxylic acids is 1. The molecule has 1 amide bonds. The summed E-state index contributed by atoms with van der Waals surface area (Å²) in [7, 11) is -3.79. The Morgan fingerprint density at radius 3 is 2.25 bits per heavy atom. The molecule has 0 spiro atoms. The van der Waals surface area contributed by atoms with Crippen LogP contribution in [0.1, 0.15) is 31.4 Å². The third kappa shape index (κ3) is 4.56. The normalized spacial score (nSPS) is 19.2. The number of benzene rings is 2. The standard InChI is InChI=1S/C20H22F2N2O3S/c1-14(15-4-6-17(21)7-5-15)23-20(25)16-3-2-12-24(13-16)28(26,27)19-10-8-18(22)9-11-19/h4-11,14,16H,2-3,12-13H2,1H3,(H,23,25). The molecule has 2 aromatic rings. The highest BCUT2D eigenvalue weighted by Gasteiger charge is 2.33. The molecule has 0 aromatic heterocycles. The fourth-order valence-electron chi connectivity index (χ4n) is 3.30. The maximum Gasteiger partial charge on any atom is 0.243 e. The van der Waals surface area contributed by atoms with E-state index in [2.05, 4.69) is 5.32 Å². The number of carbonyl (C=O) groups is 1. The van der Waals surface area contributed by atoms with Crippen molar-refractivity contribution >= 4 is 15.9 Å². The van der Waals surface area contributed by atoms with Crippen LogP contribution in [0.4, 0.5) is 8.78 Å². The van der Waals surface area contributed by atoms with Crippen LogP contribution >= 0.6 is 0 Å². The third-order valence-electron chi connectivity index (χ3n) is 4.94. The molecule has 1 N–H and O–H groups in total. The van der Waals surface area contributed by atoms with Crippen molar-refractivity contribution < 1.29 is 22.0 Å². The van der Waals surface area contributed by atoms with Gasteiger partial charge in [-0.05, 0) is 61.7 Å². The van der Waals surface area contributed by atoms with Crippen LogP contribution in [0.3, 0.4) is 0 Å². The molecule has 0 aliphatic carbocycles. The van der Waals surface area contributed by atoms with Gasteiger partial charge >= 0.3 is 0 Å². The number of rotatable bonds is 5. The second-order valence-electron chi connectivity index (χ2n) is 6.94. The van der Waals surface area contributed by atoms with E-state index >= 15 is 0 Å². The van der Waals surface area contributed by atoms with Crippen LogP contribution in [-0.2, 0) is 14.8 Å². The summed E-state index contributed by atoms with van der Waals surface area (Å²) in [6, 6.07) is 10.2. The fourth-order valence-corrected chi connectivity index (χ4v) is 4.82. The lowest BCUT2D eigenvalue weighted by Crippen LogP contribution is -2.45. The van der Waals surface area contributed by atoms with Crippen LogP contribution in [0.25, 0.3) is 0 Å². The fraction of sp³-hybridized carbons (Fsp3) is 0.350. The lowest BCUT2D eigenvalue weighted by molar-refractivity contribution is -0.126. The van der Waals surface area contributed by atoms with Crippen molar-refractivity contribution in [1.82, 2.24) is 9.62 Å². The van der Waals surface area contributed by atoms with E-state index < -0.39 is 21.8 Å². The van der Waals surface area contributed by atoms with E-state index in [0.717, 1.165) is 17.7 Å². The van der Waals surface area contributed by atoms with Crippen molar-refractivity contribution in [3.63, 3.8) is 0 Å². The molecule has 150 valence electrons. The molecule has 1 saturated heterocycles. The van der Waals surface area contributed by atoms with E-state index in [1.54, 1.807) is 19.1 Å². The predicted octanol–water partition coefficient (Wildman–Crippen LogP) is 3.24. The minimum Gasteiger partial charge on any atom is -0.349 e.